The lowest BCUT2D eigenvalue weighted by Crippen LogP contribution is -2.21. The van der Waals surface area contributed by atoms with Gasteiger partial charge in [-0.1, -0.05) is 12.1 Å². The van der Waals surface area contributed by atoms with E-state index in [4.69, 9.17) is 0 Å². The minimum absolute atomic E-state index is 0.243. The molecule has 0 N–H and O–H groups in total. The summed E-state index contributed by atoms with van der Waals surface area (Å²) < 4.78 is 0. The molecule has 12 heavy (non-hydrogen) atoms. The Labute approximate surface area is 71.8 Å². The third-order valence-corrected chi connectivity index (χ3v) is 2.26. The van der Waals surface area contributed by atoms with E-state index >= 15 is 0 Å². The van der Waals surface area contributed by atoms with E-state index in [0.29, 0.717) is 6.54 Å². The summed E-state index contributed by atoms with van der Waals surface area (Å²) in [5.41, 5.74) is 1.96. The number of benzene rings is 1. The number of likely N-dealkylation sites (N-methyl/N-ethyl adjacent to an activating group) is 1. The fraction of sp³-hybridized carbons (Fsp3) is 0.300. The molecule has 0 saturated carbocycles. The Morgan fingerprint density at radius 3 is 2.92 bits per heavy atom. The predicted octanol–water partition coefficient (Wildman–Crippen LogP) is 1.71. The number of hydrogen-bond acceptors (Lipinski definition) is 2. The predicted molar refractivity (Wildman–Crippen MR) is 48.7 cm³/mol. The third-order valence-electron chi connectivity index (χ3n) is 2.26. The molecular weight excluding hydrogens is 150 g/mol. The fourth-order valence-corrected chi connectivity index (χ4v) is 1.61. The van der Waals surface area contributed by atoms with Crippen molar-refractivity contribution in [3.05, 3.63) is 29.8 Å². The number of rotatable bonds is 1. The Bertz CT molecular complexity index is 319. The molecule has 0 fully saturated rings. The van der Waals surface area contributed by atoms with Crippen molar-refractivity contribution in [3.63, 3.8) is 0 Å². The van der Waals surface area contributed by atoms with Gasteiger partial charge in [-0.15, -0.1) is 0 Å². The van der Waals surface area contributed by atoms with Crippen molar-refractivity contribution >= 4 is 11.5 Å². The highest BCUT2D eigenvalue weighted by atomic mass is 16.1. The van der Waals surface area contributed by atoms with Crippen LogP contribution in [-0.2, 0) is 0 Å². The van der Waals surface area contributed by atoms with Gasteiger partial charge in [0.15, 0.2) is 5.78 Å². The van der Waals surface area contributed by atoms with Crippen LogP contribution in [0.25, 0.3) is 0 Å². The molecular formula is C10H11NO. The second-order valence-corrected chi connectivity index (χ2v) is 2.95. The quantitative estimate of drug-likeness (QED) is 0.625. The van der Waals surface area contributed by atoms with Gasteiger partial charge in [0.05, 0.1) is 6.54 Å². The van der Waals surface area contributed by atoms with E-state index in [-0.39, 0.29) is 5.78 Å². The summed E-state index contributed by atoms with van der Waals surface area (Å²) >= 11 is 0. The van der Waals surface area contributed by atoms with Gasteiger partial charge in [-0.3, -0.25) is 4.79 Å². The van der Waals surface area contributed by atoms with E-state index in [1.807, 2.05) is 24.3 Å². The zero-order valence-electron chi connectivity index (χ0n) is 7.08. The number of ketones is 1. The number of fused-ring (bicyclic) bond motifs is 1. The molecule has 1 aliphatic rings. The van der Waals surface area contributed by atoms with Crippen LogP contribution in [0.4, 0.5) is 5.69 Å². The average Bonchev–Trinajstić information content (AvgIpc) is 2.44. The molecule has 0 saturated heterocycles. The van der Waals surface area contributed by atoms with Crippen molar-refractivity contribution in [1.29, 1.82) is 0 Å². The fourth-order valence-electron chi connectivity index (χ4n) is 1.61. The molecule has 1 aromatic rings. The lowest BCUT2D eigenvalue weighted by Gasteiger charge is -2.14. The number of carbonyl (C=O) groups is 1. The number of Topliss-reactive ketones (excluding diaryl/α,β-unsaturated/α-hetero) is 1. The van der Waals surface area contributed by atoms with Gasteiger partial charge in [0.1, 0.15) is 0 Å². The van der Waals surface area contributed by atoms with E-state index in [1.165, 1.54) is 0 Å². The third kappa shape index (κ3) is 0.916. The normalized spacial score (nSPS) is 15.1. The molecule has 62 valence electrons. The molecule has 1 aliphatic heterocycles. The lowest BCUT2D eigenvalue weighted by molar-refractivity contribution is 0.101. The Balaban J connectivity index is 2.50. The highest BCUT2D eigenvalue weighted by Crippen LogP contribution is 2.26. The summed E-state index contributed by atoms with van der Waals surface area (Å²) in [5.74, 6) is 0.243. The van der Waals surface area contributed by atoms with Gasteiger partial charge in [-0.05, 0) is 19.1 Å². The Kier molecular flexibility index (Phi) is 1.61. The first-order valence-electron chi connectivity index (χ1n) is 4.20. The number of para-hydroxylation sites is 1. The topological polar surface area (TPSA) is 20.3 Å². The first-order valence-corrected chi connectivity index (χ1v) is 4.20. The van der Waals surface area contributed by atoms with Gasteiger partial charge in [0.2, 0.25) is 0 Å². The summed E-state index contributed by atoms with van der Waals surface area (Å²) in [6, 6.07) is 7.78. The van der Waals surface area contributed by atoms with E-state index in [9.17, 15) is 4.79 Å². The largest absolute Gasteiger partial charge is 0.364 e. The molecule has 0 bridgehead atoms. The molecule has 0 amide bonds. The van der Waals surface area contributed by atoms with Crippen molar-refractivity contribution in [2.24, 2.45) is 0 Å². The Morgan fingerprint density at radius 1 is 1.42 bits per heavy atom. The van der Waals surface area contributed by atoms with Crippen LogP contribution in [-0.4, -0.2) is 18.9 Å². The monoisotopic (exact) mass is 161 g/mol. The van der Waals surface area contributed by atoms with Gasteiger partial charge in [0, 0.05) is 17.8 Å². The minimum Gasteiger partial charge on any atom is -0.364 e. The van der Waals surface area contributed by atoms with Crippen LogP contribution in [0, 0.1) is 0 Å². The van der Waals surface area contributed by atoms with Crippen molar-refractivity contribution in [3.8, 4) is 0 Å². The van der Waals surface area contributed by atoms with Gasteiger partial charge in [-0.25, -0.2) is 0 Å². The molecule has 1 heterocycles. The van der Waals surface area contributed by atoms with E-state index in [2.05, 4.69) is 11.8 Å². The lowest BCUT2D eigenvalue weighted by atomic mass is 10.1. The Hall–Kier alpha value is -1.31. The smallest absolute Gasteiger partial charge is 0.184 e. The van der Waals surface area contributed by atoms with Gasteiger partial charge in [-0.2, -0.15) is 0 Å². The molecule has 2 rings (SSSR count). The van der Waals surface area contributed by atoms with Gasteiger partial charge in [0.25, 0.3) is 0 Å². The second kappa shape index (κ2) is 2.63. The van der Waals surface area contributed by atoms with E-state index in [0.717, 1.165) is 17.8 Å². The van der Waals surface area contributed by atoms with Crippen LogP contribution in [0.1, 0.15) is 17.3 Å². The zero-order chi connectivity index (χ0) is 8.55. The minimum atomic E-state index is 0.243. The molecule has 2 nitrogen and oxygen atoms in total. The van der Waals surface area contributed by atoms with Crippen LogP contribution in [0.5, 0.6) is 0 Å². The van der Waals surface area contributed by atoms with Crippen molar-refractivity contribution in [2.45, 2.75) is 6.92 Å². The number of anilines is 1. The molecule has 0 aliphatic carbocycles. The van der Waals surface area contributed by atoms with Crippen LogP contribution in [0.3, 0.4) is 0 Å². The first-order chi connectivity index (χ1) is 5.83. The highest BCUT2D eigenvalue weighted by Gasteiger charge is 2.23. The molecule has 1 aromatic carbocycles. The van der Waals surface area contributed by atoms with Crippen LogP contribution in [0.15, 0.2) is 24.3 Å². The van der Waals surface area contributed by atoms with Crippen molar-refractivity contribution < 1.29 is 4.79 Å². The number of nitrogens with zero attached hydrogens (tertiary/aromatic N) is 1. The molecule has 2 heteroatoms. The maximum atomic E-state index is 11.4. The van der Waals surface area contributed by atoms with E-state index in [1.54, 1.807) is 0 Å². The summed E-state index contributed by atoms with van der Waals surface area (Å²) in [6.45, 7) is 3.52. The molecule has 0 radical (unpaired) electrons. The Morgan fingerprint density at radius 2 is 2.17 bits per heavy atom. The highest BCUT2D eigenvalue weighted by molar-refractivity contribution is 6.08. The summed E-state index contributed by atoms with van der Waals surface area (Å²) in [6.07, 6.45) is 0. The maximum Gasteiger partial charge on any atom is 0.184 e. The van der Waals surface area contributed by atoms with Crippen LogP contribution >= 0.6 is 0 Å². The average molecular weight is 161 g/mol. The summed E-state index contributed by atoms with van der Waals surface area (Å²) in [5, 5.41) is 0. The molecule has 0 spiro atoms. The number of carbonyl (C=O) groups excluding carboxylic acids is 1. The van der Waals surface area contributed by atoms with Crippen LogP contribution < -0.4 is 4.90 Å². The first kappa shape index (κ1) is 7.35. The van der Waals surface area contributed by atoms with Gasteiger partial charge >= 0.3 is 0 Å². The zero-order valence-corrected chi connectivity index (χ0v) is 7.08. The standard InChI is InChI=1S/C10H11NO/c1-2-11-7-10(12)8-5-3-4-6-9(8)11/h3-6H,2,7H2,1H3. The second-order valence-electron chi connectivity index (χ2n) is 2.95. The van der Waals surface area contributed by atoms with Crippen molar-refractivity contribution in [2.75, 3.05) is 18.0 Å². The summed E-state index contributed by atoms with van der Waals surface area (Å²) in [4.78, 5) is 13.5. The van der Waals surface area contributed by atoms with E-state index < -0.39 is 0 Å². The molecule has 0 unspecified atom stereocenters. The summed E-state index contributed by atoms with van der Waals surface area (Å²) in [7, 11) is 0. The molecule has 0 atom stereocenters. The number of hydrogen-bond donors (Lipinski definition) is 0. The van der Waals surface area contributed by atoms with Crippen LogP contribution in [0.2, 0.25) is 0 Å². The molecule has 0 aromatic heterocycles. The van der Waals surface area contributed by atoms with Crippen molar-refractivity contribution in [1.82, 2.24) is 0 Å². The SMILES string of the molecule is CCN1CC(=O)c2ccccc21. The maximum absolute atomic E-state index is 11.4. The van der Waals surface area contributed by atoms with Gasteiger partial charge < -0.3 is 4.90 Å².